The number of amides is 2. The van der Waals surface area contributed by atoms with E-state index in [9.17, 15) is 14.4 Å². The van der Waals surface area contributed by atoms with E-state index in [-0.39, 0.29) is 12.5 Å². The molecule has 2 amide bonds. The van der Waals surface area contributed by atoms with Crippen molar-refractivity contribution in [3.63, 3.8) is 0 Å². The van der Waals surface area contributed by atoms with Crippen LogP contribution in [0.2, 0.25) is 0 Å². The van der Waals surface area contributed by atoms with E-state index in [2.05, 4.69) is 5.32 Å². The lowest BCUT2D eigenvalue weighted by atomic mass is 10.0. The molecular formula is C42H45N3O8. The SMILES string of the molecule is COc1cc(C=CC(=O)OC(Cc2c(C)c3ccc(NC(=O)N(C)Cc4ccccc4)cc3oc2=O)CN(C)Cc2ccccc2)cc(OC)c1OC. The van der Waals surface area contributed by atoms with Crippen molar-refractivity contribution in [1.29, 1.82) is 0 Å². The number of ether oxygens (including phenoxy) is 4. The number of fused-ring (bicyclic) bond motifs is 1. The van der Waals surface area contributed by atoms with Crippen molar-refractivity contribution in [2.45, 2.75) is 32.5 Å². The molecule has 0 saturated heterocycles. The third-order valence-corrected chi connectivity index (χ3v) is 8.77. The van der Waals surface area contributed by atoms with E-state index in [1.54, 1.807) is 42.3 Å². The third-order valence-electron chi connectivity index (χ3n) is 8.77. The van der Waals surface area contributed by atoms with E-state index in [4.69, 9.17) is 23.4 Å². The molecule has 0 radical (unpaired) electrons. The van der Waals surface area contributed by atoms with Gasteiger partial charge in [-0.25, -0.2) is 14.4 Å². The van der Waals surface area contributed by atoms with Gasteiger partial charge in [-0.15, -0.1) is 0 Å². The van der Waals surface area contributed by atoms with Crippen LogP contribution in [0.4, 0.5) is 10.5 Å². The monoisotopic (exact) mass is 719 g/mol. The van der Waals surface area contributed by atoms with Gasteiger partial charge < -0.3 is 33.6 Å². The Bertz CT molecular complexity index is 2090. The van der Waals surface area contributed by atoms with Gasteiger partial charge in [-0.3, -0.25) is 4.90 Å². The van der Waals surface area contributed by atoms with E-state index >= 15 is 0 Å². The zero-order chi connectivity index (χ0) is 37.9. The van der Waals surface area contributed by atoms with Crippen LogP contribution in [0.25, 0.3) is 17.0 Å². The Kier molecular flexibility index (Phi) is 12.9. The number of hydrogen-bond acceptors (Lipinski definition) is 9. The van der Waals surface area contributed by atoms with Gasteiger partial charge in [-0.05, 0) is 66.6 Å². The molecule has 276 valence electrons. The van der Waals surface area contributed by atoms with Gasteiger partial charge in [0.1, 0.15) is 11.7 Å². The first-order valence-electron chi connectivity index (χ1n) is 17.1. The molecule has 11 heteroatoms. The fourth-order valence-corrected chi connectivity index (χ4v) is 6.10. The maximum absolute atomic E-state index is 13.5. The van der Waals surface area contributed by atoms with Crippen LogP contribution in [0, 0.1) is 6.92 Å². The maximum atomic E-state index is 13.5. The Morgan fingerprint density at radius 3 is 2.06 bits per heavy atom. The molecule has 0 saturated carbocycles. The molecule has 1 N–H and O–H groups in total. The number of carbonyl (C=O) groups is 2. The molecule has 5 rings (SSSR count). The number of anilines is 1. The number of urea groups is 1. The van der Waals surface area contributed by atoms with Gasteiger partial charge >= 0.3 is 17.6 Å². The second-order valence-electron chi connectivity index (χ2n) is 12.7. The van der Waals surface area contributed by atoms with Crippen molar-refractivity contribution in [2.75, 3.05) is 47.3 Å². The number of hydrogen-bond donors (Lipinski definition) is 1. The first kappa shape index (κ1) is 38.2. The lowest BCUT2D eigenvalue weighted by molar-refractivity contribution is -0.143. The molecule has 0 bridgehead atoms. The lowest BCUT2D eigenvalue weighted by Gasteiger charge is -2.24. The van der Waals surface area contributed by atoms with E-state index in [1.165, 1.54) is 27.4 Å². The molecule has 0 aliphatic rings. The molecule has 1 atom stereocenters. The number of benzene rings is 4. The summed E-state index contributed by atoms with van der Waals surface area (Å²) in [6.45, 7) is 3.23. The topological polar surface area (TPSA) is 120 Å². The van der Waals surface area contributed by atoms with Crippen LogP contribution in [0.3, 0.4) is 0 Å². The summed E-state index contributed by atoms with van der Waals surface area (Å²) in [6, 6.07) is 28.0. The van der Waals surface area contributed by atoms with Crippen molar-refractivity contribution < 1.29 is 33.0 Å². The van der Waals surface area contributed by atoms with Crippen LogP contribution in [0.1, 0.15) is 27.8 Å². The summed E-state index contributed by atoms with van der Waals surface area (Å²) in [6.07, 6.45) is 2.35. The number of methoxy groups -OCH3 is 3. The molecule has 5 aromatic rings. The minimum absolute atomic E-state index is 0.121. The van der Waals surface area contributed by atoms with Gasteiger partial charge in [0.05, 0.1) is 21.3 Å². The summed E-state index contributed by atoms with van der Waals surface area (Å²) < 4.78 is 28.1. The van der Waals surface area contributed by atoms with Crippen molar-refractivity contribution >= 4 is 34.7 Å². The Hall–Kier alpha value is -6.07. The number of nitrogens with one attached hydrogen (secondary N) is 1. The van der Waals surface area contributed by atoms with Crippen LogP contribution >= 0.6 is 0 Å². The Morgan fingerprint density at radius 1 is 0.830 bits per heavy atom. The number of rotatable bonds is 15. The number of carbonyl (C=O) groups excluding carboxylic acids is 2. The zero-order valence-electron chi connectivity index (χ0n) is 30.9. The van der Waals surface area contributed by atoms with Crippen LogP contribution in [-0.2, 0) is 29.0 Å². The smallest absolute Gasteiger partial charge is 0.339 e. The van der Waals surface area contributed by atoms with Gasteiger partial charge in [0.25, 0.3) is 0 Å². The highest BCUT2D eigenvalue weighted by Gasteiger charge is 2.22. The van der Waals surface area contributed by atoms with Crippen LogP contribution in [0.15, 0.2) is 106 Å². The summed E-state index contributed by atoms with van der Waals surface area (Å²) in [5, 5.41) is 3.59. The summed E-state index contributed by atoms with van der Waals surface area (Å²) in [4.78, 5) is 43.3. The van der Waals surface area contributed by atoms with Gasteiger partial charge in [0.15, 0.2) is 11.5 Å². The van der Waals surface area contributed by atoms with Crippen LogP contribution in [0.5, 0.6) is 17.2 Å². The molecule has 1 unspecified atom stereocenters. The zero-order valence-corrected chi connectivity index (χ0v) is 30.9. The third kappa shape index (κ3) is 10.0. The van der Waals surface area contributed by atoms with Crippen molar-refractivity contribution in [3.05, 3.63) is 135 Å². The van der Waals surface area contributed by atoms with Crippen LogP contribution < -0.4 is 25.2 Å². The van der Waals surface area contributed by atoms with Crippen molar-refractivity contribution in [2.24, 2.45) is 0 Å². The molecule has 0 aliphatic carbocycles. The average molecular weight is 720 g/mol. The summed E-state index contributed by atoms with van der Waals surface area (Å²) in [5.41, 5.74) is 4.12. The number of aryl methyl sites for hydroxylation is 1. The molecular weight excluding hydrogens is 674 g/mol. The van der Waals surface area contributed by atoms with Gasteiger partial charge in [-0.2, -0.15) is 0 Å². The normalized spacial score (nSPS) is 11.8. The van der Waals surface area contributed by atoms with E-state index in [0.717, 1.165) is 11.1 Å². The number of nitrogens with zero attached hydrogens (tertiary/aromatic N) is 2. The first-order valence-corrected chi connectivity index (χ1v) is 17.1. The predicted molar refractivity (Wildman–Crippen MR) is 206 cm³/mol. The molecule has 0 spiro atoms. The molecule has 53 heavy (non-hydrogen) atoms. The summed E-state index contributed by atoms with van der Waals surface area (Å²) in [5.74, 6) is 0.748. The second-order valence-corrected chi connectivity index (χ2v) is 12.7. The second kappa shape index (κ2) is 17.9. The van der Waals surface area contributed by atoms with Gasteiger partial charge in [-0.1, -0.05) is 60.7 Å². The Morgan fingerprint density at radius 2 is 1.45 bits per heavy atom. The molecule has 0 aliphatic heterocycles. The van der Waals surface area contributed by atoms with E-state index < -0.39 is 17.7 Å². The fourth-order valence-electron chi connectivity index (χ4n) is 6.10. The predicted octanol–water partition coefficient (Wildman–Crippen LogP) is 7.09. The summed E-state index contributed by atoms with van der Waals surface area (Å²) >= 11 is 0. The average Bonchev–Trinajstić information content (AvgIpc) is 3.15. The molecule has 1 heterocycles. The lowest BCUT2D eigenvalue weighted by Crippen LogP contribution is -2.35. The molecule has 4 aromatic carbocycles. The maximum Gasteiger partial charge on any atom is 0.339 e. The number of esters is 1. The Balaban J connectivity index is 1.36. The summed E-state index contributed by atoms with van der Waals surface area (Å²) in [7, 11) is 8.20. The first-order chi connectivity index (χ1) is 25.6. The standard InChI is InChI=1S/C42H45N3O8/c1-28-34-19-18-32(43-42(48)45(3)26-30-15-11-8-12-16-30)23-36(34)53-41(47)35(28)24-33(27-44(2)25-29-13-9-7-10-14-29)52-39(46)20-17-31-21-37(49-4)40(51-6)38(22-31)50-5/h7-23,33H,24-27H2,1-6H3,(H,43,48). The minimum atomic E-state index is -0.696. The quantitative estimate of drug-likeness (QED) is 0.0687. The fraction of sp³-hybridized carbons (Fsp3) is 0.262. The largest absolute Gasteiger partial charge is 0.493 e. The number of likely N-dealkylation sites (N-methyl/N-ethyl adjacent to an activating group) is 1. The van der Waals surface area contributed by atoms with Crippen LogP contribution in [-0.4, -0.2) is 69.9 Å². The molecule has 0 fully saturated rings. The molecule has 1 aromatic heterocycles. The highest BCUT2D eigenvalue weighted by molar-refractivity contribution is 5.93. The van der Waals surface area contributed by atoms with E-state index in [0.29, 0.717) is 70.2 Å². The van der Waals surface area contributed by atoms with Gasteiger partial charge in [0.2, 0.25) is 5.75 Å². The van der Waals surface area contributed by atoms with Crippen molar-refractivity contribution in [1.82, 2.24) is 9.80 Å². The Labute approximate surface area is 309 Å². The highest BCUT2D eigenvalue weighted by Crippen LogP contribution is 2.38. The van der Waals surface area contributed by atoms with Crippen molar-refractivity contribution in [3.8, 4) is 17.2 Å². The molecule has 11 nitrogen and oxygen atoms in total. The highest BCUT2D eigenvalue weighted by atomic mass is 16.5. The minimum Gasteiger partial charge on any atom is -0.493 e. The van der Waals surface area contributed by atoms with Gasteiger partial charge in [0, 0.05) is 61.9 Å². The van der Waals surface area contributed by atoms with E-state index in [1.807, 2.05) is 85.6 Å².